The first kappa shape index (κ1) is 19.4. The Morgan fingerprint density at radius 1 is 0.966 bits per heavy atom. The van der Waals surface area contributed by atoms with Gasteiger partial charge < -0.3 is 5.11 Å². The van der Waals surface area contributed by atoms with E-state index >= 15 is 0 Å². The van der Waals surface area contributed by atoms with Crippen LogP contribution in [0.1, 0.15) is 15.9 Å². The van der Waals surface area contributed by atoms with E-state index < -0.39 is 10.8 Å². The molecule has 144 valence electrons. The number of amides is 1. The van der Waals surface area contributed by atoms with Crippen LogP contribution in [0.25, 0.3) is 0 Å². The summed E-state index contributed by atoms with van der Waals surface area (Å²) in [5.74, 6) is -0.819. The Balaban J connectivity index is 1.73. The number of aromatic hydroxyl groups is 1. The molecule has 3 aromatic rings. The van der Waals surface area contributed by atoms with Crippen molar-refractivity contribution in [1.82, 2.24) is 5.43 Å². The summed E-state index contributed by atoms with van der Waals surface area (Å²) in [5.41, 5.74) is 3.19. The Bertz CT molecular complexity index is 1100. The highest BCUT2D eigenvalue weighted by molar-refractivity contribution is 5.98. The van der Waals surface area contributed by atoms with Crippen LogP contribution in [-0.2, 0) is 0 Å². The van der Waals surface area contributed by atoms with E-state index in [0.717, 1.165) is 0 Å². The molecule has 3 aromatic carbocycles. The summed E-state index contributed by atoms with van der Waals surface area (Å²) in [6.45, 7) is 0. The van der Waals surface area contributed by atoms with Crippen molar-refractivity contribution in [3.05, 3.63) is 94.0 Å². The van der Waals surface area contributed by atoms with Crippen molar-refractivity contribution in [2.24, 2.45) is 15.3 Å². The topological polar surface area (TPSA) is 130 Å². The number of phenols is 1. The molecule has 0 saturated heterocycles. The van der Waals surface area contributed by atoms with Gasteiger partial charge in [-0.05, 0) is 36.4 Å². The SMILES string of the molecule is O=C(NN=Cc1cc(N=Nc2ccccc2)ccc1O)c1ccccc1[N+](=O)[O-]. The number of nitro benzene ring substituents is 1. The van der Waals surface area contributed by atoms with Crippen molar-refractivity contribution >= 4 is 29.2 Å². The van der Waals surface area contributed by atoms with Crippen molar-refractivity contribution in [2.45, 2.75) is 0 Å². The van der Waals surface area contributed by atoms with Gasteiger partial charge in [-0.3, -0.25) is 14.9 Å². The molecule has 0 saturated carbocycles. The zero-order chi connectivity index (χ0) is 20.6. The molecule has 0 aliphatic rings. The number of azo groups is 1. The van der Waals surface area contributed by atoms with E-state index in [-0.39, 0.29) is 22.6 Å². The number of hydrogen-bond acceptors (Lipinski definition) is 7. The molecule has 3 rings (SSSR count). The highest BCUT2D eigenvalue weighted by Gasteiger charge is 2.18. The molecule has 0 heterocycles. The maximum absolute atomic E-state index is 12.1. The van der Waals surface area contributed by atoms with Crippen LogP contribution in [0.3, 0.4) is 0 Å². The lowest BCUT2D eigenvalue weighted by atomic mass is 10.2. The summed E-state index contributed by atoms with van der Waals surface area (Å²) < 4.78 is 0. The summed E-state index contributed by atoms with van der Waals surface area (Å²) in [6, 6.07) is 19.2. The summed E-state index contributed by atoms with van der Waals surface area (Å²) >= 11 is 0. The van der Waals surface area contributed by atoms with E-state index in [4.69, 9.17) is 0 Å². The lowest BCUT2D eigenvalue weighted by Gasteiger charge is -2.02. The minimum absolute atomic E-state index is 0.0765. The number of nitrogens with one attached hydrogen (secondary N) is 1. The normalized spacial score (nSPS) is 11.0. The van der Waals surface area contributed by atoms with Gasteiger partial charge in [0.15, 0.2) is 0 Å². The van der Waals surface area contributed by atoms with Gasteiger partial charge in [0.1, 0.15) is 11.3 Å². The number of phenolic OH excluding ortho intramolecular Hbond substituents is 1. The molecule has 0 fully saturated rings. The highest BCUT2D eigenvalue weighted by Crippen LogP contribution is 2.24. The predicted molar refractivity (Wildman–Crippen MR) is 107 cm³/mol. The number of para-hydroxylation sites is 1. The van der Waals surface area contributed by atoms with E-state index in [1.807, 2.05) is 18.2 Å². The number of carbonyl (C=O) groups excluding carboxylic acids is 1. The van der Waals surface area contributed by atoms with Crippen LogP contribution in [0.4, 0.5) is 17.1 Å². The smallest absolute Gasteiger partial charge is 0.282 e. The molecule has 9 heteroatoms. The lowest BCUT2D eigenvalue weighted by molar-refractivity contribution is -0.385. The molecular formula is C20H15N5O4. The Labute approximate surface area is 165 Å². The zero-order valence-electron chi connectivity index (χ0n) is 15.0. The van der Waals surface area contributed by atoms with Crippen LogP contribution in [0.15, 0.2) is 88.1 Å². The summed E-state index contributed by atoms with van der Waals surface area (Å²) in [4.78, 5) is 22.5. The second-order valence-corrected chi connectivity index (χ2v) is 5.75. The zero-order valence-corrected chi connectivity index (χ0v) is 15.0. The summed E-state index contributed by atoms with van der Waals surface area (Å²) in [7, 11) is 0. The van der Waals surface area contributed by atoms with Crippen molar-refractivity contribution in [2.75, 3.05) is 0 Å². The third-order valence-corrected chi connectivity index (χ3v) is 3.76. The fraction of sp³-hybridized carbons (Fsp3) is 0. The van der Waals surface area contributed by atoms with E-state index in [0.29, 0.717) is 11.4 Å². The molecular weight excluding hydrogens is 374 g/mol. The molecule has 9 nitrogen and oxygen atoms in total. The van der Waals surface area contributed by atoms with Crippen molar-refractivity contribution < 1.29 is 14.8 Å². The number of benzene rings is 3. The van der Waals surface area contributed by atoms with Crippen LogP contribution < -0.4 is 5.43 Å². The van der Waals surface area contributed by atoms with Crippen LogP contribution >= 0.6 is 0 Å². The van der Waals surface area contributed by atoms with Crippen LogP contribution in [0, 0.1) is 10.1 Å². The van der Waals surface area contributed by atoms with Crippen molar-refractivity contribution in [3.8, 4) is 5.75 Å². The second-order valence-electron chi connectivity index (χ2n) is 5.75. The summed E-state index contributed by atoms with van der Waals surface area (Å²) in [5, 5.41) is 32.9. The minimum atomic E-state index is -0.743. The number of hydrogen-bond donors (Lipinski definition) is 2. The highest BCUT2D eigenvalue weighted by atomic mass is 16.6. The first-order chi connectivity index (χ1) is 14.0. The predicted octanol–water partition coefficient (Wildman–Crippen LogP) is 4.48. The fourth-order valence-electron chi connectivity index (χ4n) is 2.36. The monoisotopic (exact) mass is 389 g/mol. The van der Waals surface area contributed by atoms with Gasteiger partial charge in [0, 0.05) is 11.6 Å². The molecule has 0 bridgehead atoms. The number of hydrazone groups is 1. The van der Waals surface area contributed by atoms with E-state index in [2.05, 4.69) is 20.8 Å². The van der Waals surface area contributed by atoms with Gasteiger partial charge >= 0.3 is 0 Å². The number of carbonyl (C=O) groups is 1. The minimum Gasteiger partial charge on any atom is -0.507 e. The third-order valence-electron chi connectivity index (χ3n) is 3.76. The Kier molecular flexibility index (Phi) is 6.01. The molecule has 0 aliphatic carbocycles. The molecule has 0 spiro atoms. The lowest BCUT2D eigenvalue weighted by Crippen LogP contribution is -2.18. The molecule has 0 aliphatic heterocycles. The van der Waals surface area contributed by atoms with Gasteiger partial charge in [-0.1, -0.05) is 30.3 Å². The third kappa shape index (κ3) is 5.07. The molecule has 2 N–H and O–H groups in total. The van der Waals surface area contributed by atoms with Crippen LogP contribution in [-0.4, -0.2) is 22.2 Å². The van der Waals surface area contributed by atoms with Crippen LogP contribution in [0.5, 0.6) is 5.75 Å². The first-order valence-electron chi connectivity index (χ1n) is 8.41. The van der Waals surface area contributed by atoms with Gasteiger partial charge in [-0.2, -0.15) is 15.3 Å². The van der Waals surface area contributed by atoms with E-state index in [9.17, 15) is 20.0 Å². The molecule has 0 aromatic heterocycles. The summed E-state index contributed by atoms with van der Waals surface area (Å²) in [6.07, 6.45) is 1.21. The Hall–Kier alpha value is -4.40. The maximum Gasteiger partial charge on any atom is 0.282 e. The fourth-order valence-corrected chi connectivity index (χ4v) is 2.36. The van der Waals surface area contributed by atoms with Gasteiger partial charge in [0.05, 0.1) is 22.5 Å². The van der Waals surface area contributed by atoms with Gasteiger partial charge in [-0.15, -0.1) is 0 Å². The van der Waals surface area contributed by atoms with Gasteiger partial charge in [0.2, 0.25) is 0 Å². The molecule has 1 amide bonds. The number of nitro groups is 1. The second kappa shape index (κ2) is 9.00. The van der Waals surface area contributed by atoms with Crippen molar-refractivity contribution in [3.63, 3.8) is 0 Å². The standard InChI is InChI=1S/C20H15N5O4/c26-19-11-10-16(23-22-15-6-2-1-3-7-15)12-14(19)13-21-24-20(27)17-8-4-5-9-18(17)25(28)29/h1-13,26H,(H,24,27). The Morgan fingerprint density at radius 2 is 1.66 bits per heavy atom. The molecule has 29 heavy (non-hydrogen) atoms. The molecule has 0 unspecified atom stereocenters. The largest absolute Gasteiger partial charge is 0.507 e. The first-order valence-corrected chi connectivity index (χ1v) is 8.41. The van der Waals surface area contributed by atoms with Gasteiger partial charge in [-0.25, -0.2) is 5.43 Å². The van der Waals surface area contributed by atoms with Crippen molar-refractivity contribution in [1.29, 1.82) is 0 Å². The maximum atomic E-state index is 12.1. The quantitative estimate of drug-likeness (QED) is 0.278. The number of rotatable bonds is 6. The average Bonchev–Trinajstić information content (AvgIpc) is 2.74. The van der Waals surface area contributed by atoms with Gasteiger partial charge in [0.25, 0.3) is 11.6 Å². The average molecular weight is 389 g/mol. The number of nitrogens with zero attached hydrogens (tertiary/aromatic N) is 4. The Morgan fingerprint density at radius 3 is 2.41 bits per heavy atom. The molecule has 0 radical (unpaired) electrons. The van der Waals surface area contributed by atoms with Crippen LogP contribution in [0.2, 0.25) is 0 Å². The molecule has 0 atom stereocenters. The van der Waals surface area contributed by atoms with E-state index in [1.54, 1.807) is 18.2 Å². The van der Waals surface area contributed by atoms with E-state index in [1.165, 1.54) is 42.6 Å².